The van der Waals surface area contributed by atoms with E-state index in [-0.39, 0.29) is 12.2 Å². The van der Waals surface area contributed by atoms with Crippen molar-refractivity contribution in [1.29, 1.82) is 0 Å². The summed E-state index contributed by atoms with van der Waals surface area (Å²) >= 11 is 0. The average molecular weight is 349 g/mol. The zero-order chi connectivity index (χ0) is 17.0. The van der Waals surface area contributed by atoms with E-state index in [0.29, 0.717) is 18.1 Å². The predicted octanol–water partition coefficient (Wildman–Crippen LogP) is -0.956. The highest BCUT2D eigenvalue weighted by atomic mass is 16.3. The van der Waals surface area contributed by atoms with Crippen LogP contribution in [0.25, 0.3) is 0 Å². The lowest BCUT2D eigenvalue weighted by Crippen LogP contribution is -2.64. The van der Waals surface area contributed by atoms with Crippen LogP contribution in [-0.2, 0) is 0 Å². The lowest BCUT2D eigenvalue weighted by molar-refractivity contribution is -0.0400. The van der Waals surface area contributed by atoms with Crippen LogP contribution in [-0.4, -0.2) is 94.5 Å². The topological polar surface area (TPSA) is 74.2 Å². The Kier molecular flexibility index (Phi) is 3.98. The first-order valence-corrected chi connectivity index (χ1v) is 10.1. The molecule has 0 unspecified atom stereocenters. The van der Waals surface area contributed by atoms with Crippen molar-refractivity contribution < 1.29 is 10.2 Å². The molecule has 2 saturated carbocycles. The third kappa shape index (κ3) is 2.67. The van der Waals surface area contributed by atoms with Gasteiger partial charge in [0.05, 0.1) is 18.2 Å². The third-order valence-corrected chi connectivity index (χ3v) is 6.75. The van der Waals surface area contributed by atoms with Gasteiger partial charge in [-0.05, 0) is 32.1 Å². The minimum absolute atomic E-state index is 0.124. The molecule has 2 aliphatic carbocycles. The molecule has 1 saturated heterocycles. The highest BCUT2D eigenvalue weighted by Gasteiger charge is 2.44. The SMILES string of the molecule is OC1CC(N2CCCNC3=C2N(C2CC(O)C2)CCN3C2CNC2)C1. The van der Waals surface area contributed by atoms with Gasteiger partial charge < -0.3 is 35.5 Å². The molecule has 0 spiro atoms. The number of hydrogen-bond donors (Lipinski definition) is 4. The molecule has 0 aromatic rings. The molecule has 0 atom stereocenters. The highest BCUT2D eigenvalue weighted by molar-refractivity contribution is 5.21. The zero-order valence-corrected chi connectivity index (χ0v) is 14.9. The maximum absolute atomic E-state index is 9.85. The summed E-state index contributed by atoms with van der Waals surface area (Å²) in [5, 5.41) is 26.8. The van der Waals surface area contributed by atoms with Crippen LogP contribution in [0.15, 0.2) is 11.6 Å². The lowest BCUT2D eigenvalue weighted by Gasteiger charge is -2.55. The first kappa shape index (κ1) is 16.0. The molecule has 7 nitrogen and oxygen atoms in total. The maximum atomic E-state index is 9.85. The summed E-state index contributed by atoms with van der Waals surface area (Å²) in [6.07, 6.45) is 4.45. The molecule has 3 fully saturated rings. The molecule has 3 heterocycles. The van der Waals surface area contributed by atoms with Crippen LogP contribution < -0.4 is 10.6 Å². The second kappa shape index (κ2) is 6.21. The van der Waals surface area contributed by atoms with Crippen LogP contribution in [0.5, 0.6) is 0 Å². The Hall–Kier alpha value is -1.18. The molecular weight excluding hydrogens is 318 g/mol. The zero-order valence-electron chi connectivity index (χ0n) is 14.9. The van der Waals surface area contributed by atoms with E-state index in [0.717, 1.165) is 71.4 Å². The fourth-order valence-corrected chi connectivity index (χ4v) is 4.94. The summed E-state index contributed by atoms with van der Waals surface area (Å²) in [7, 11) is 0. The first-order chi connectivity index (χ1) is 12.2. The van der Waals surface area contributed by atoms with Gasteiger partial charge in [0.1, 0.15) is 11.6 Å². The van der Waals surface area contributed by atoms with Gasteiger partial charge >= 0.3 is 0 Å². The van der Waals surface area contributed by atoms with Crippen molar-refractivity contribution in [2.45, 2.75) is 62.4 Å². The normalized spacial score (nSPS) is 39.0. The second-order valence-electron chi connectivity index (χ2n) is 8.40. The van der Waals surface area contributed by atoms with Crippen molar-refractivity contribution >= 4 is 0 Å². The van der Waals surface area contributed by atoms with Crippen LogP contribution in [0.3, 0.4) is 0 Å². The van der Waals surface area contributed by atoms with Crippen LogP contribution in [0, 0.1) is 0 Å². The van der Waals surface area contributed by atoms with E-state index in [1.165, 1.54) is 11.6 Å². The standard InChI is InChI=1S/C18H31N5O2/c24-15-6-12(7-15)22-3-1-2-20-17-18(22)23(13-8-16(25)9-13)5-4-21(17)14-10-19-11-14/h12-16,19-20,24-25H,1-11H2. The summed E-state index contributed by atoms with van der Waals surface area (Å²) in [6.45, 7) is 6.33. The number of nitrogens with one attached hydrogen (secondary N) is 2. The number of rotatable bonds is 3. The predicted molar refractivity (Wildman–Crippen MR) is 94.5 cm³/mol. The quantitative estimate of drug-likeness (QED) is 0.523. The van der Waals surface area contributed by atoms with Gasteiger partial charge in [-0.1, -0.05) is 0 Å². The molecule has 0 bridgehead atoms. The minimum atomic E-state index is -0.125. The van der Waals surface area contributed by atoms with Gasteiger partial charge in [-0.3, -0.25) is 0 Å². The Labute approximate surface area is 149 Å². The first-order valence-electron chi connectivity index (χ1n) is 10.1. The molecule has 140 valence electrons. The van der Waals surface area contributed by atoms with Gasteiger partial charge in [0.25, 0.3) is 0 Å². The Morgan fingerprint density at radius 3 is 1.92 bits per heavy atom. The van der Waals surface area contributed by atoms with Gasteiger partial charge in [0.15, 0.2) is 0 Å². The highest BCUT2D eigenvalue weighted by Crippen LogP contribution is 2.38. The summed E-state index contributed by atoms with van der Waals surface area (Å²) in [5.74, 6) is 2.66. The molecule has 5 aliphatic rings. The van der Waals surface area contributed by atoms with E-state index >= 15 is 0 Å². The van der Waals surface area contributed by atoms with Crippen molar-refractivity contribution in [3.63, 3.8) is 0 Å². The van der Waals surface area contributed by atoms with Gasteiger partial charge in [-0.15, -0.1) is 0 Å². The smallest absolute Gasteiger partial charge is 0.146 e. The summed E-state index contributed by atoms with van der Waals surface area (Å²) in [5.41, 5.74) is 0. The summed E-state index contributed by atoms with van der Waals surface area (Å²) in [4.78, 5) is 7.71. The Morgan fingerprint density at radius 2 is 1.36 bits per heavy atom. The number of hydrogen-bond acceptors (Lipinski definition) is 7. The van der Waals surface area contributed by atoms with Gasteiger partial charge in [0, 0.05) is 51.4 Å². The van der Waals surface area contributed by atoms with Crippen LogP contribution in [0.2, 0.25) is 0 Å². The van der Waals surface area contributed by atoms with E-state index in [1.807, 2.05) is 0 Å². The van der Waals surface area contributed by atoms with Crippen molar-refractivity contribution in [3.05, 3.63) is 11.6 Å². The number of aliphatic hydroxyl groups is 2. The fraction of sp³-hybridized carbons (Fsp3) is 0.889. The van der Waals surface area contributed by atoms with E-state index in [4.69, 9.17) is 0 Å². The number of nitrogens with zero attached hydrogens (tertiary/aromatic N) is 3. The molecule has 0 aromatic carbocycles. The fourth-order valence-electron chi connectivity index (χ4n) is 4.94. The Morgan fingerprint density at radius 1 is 0.760 bits per heavy atom. The Balaban J connectivity index is 1.48. The largest absolute Gasteiger partial charge is 0.393 e. The average Bonchev–Trinajstić information content (AvgIpc) is 2.71. The second-order valence-corrected chi connectivity index (χ2v) is 8.40. The molecule has 0 radical (unpaired) electrons. The molecular formula is C18H31N5O2. The maximum Gasteiger partial charge on any atom is 0.146 e. The molecule has 3 aliphatic heterocycles. The Bertz CT molecular complexity index is 540. The summed E-state index contributed by atoms with van der Waals surface area (Å²) in [6, 6.07) is 1.53. The monoisotopic (exact) mass is 349 g/mol. The van der Waals surface area contributed by atoms with Crippen molar-refractivity contribution in [2.24, 2.45) is 0 Å². The molecule has 0 amide bonds. The van der Waals surface area contributed by atoms with E-state index in [2.05, 4.69) is 25.3 Å². The van der Waals surface area contributed by atoms with Gasteiger partial charge in [-0.25, -0.2) is 0 Å². The van der Waals surface area contributed by atoms with Crippen LogP contribution in [0.4, 0.5) is 0 Å². The van der Waals surface area contributed by atoms with Crippen LogP contribution in [0.1, 0.15) is 32.1 Å². The third-order valence-electron chi connectivity index (χ3n) is 6.75. The van der Waals surface area contributed by atoms with E-state index < -0.39 is 0 Å². The number of aliphatic hydroxyl groups excluding tert-OH is 2. The van der Waals surface area contributed by atoms with Crippen molar-refractivity contribution in [2.75, 3.05) is 39.3 Å². The van der Waals surface area contributed by atoms with Gasteiger partial charge in [-0.2, -0.15) is 0 Å². The van der Waals surface area contributed by atoms with Crippen LogP contribution >= 0.6 is 0 Å². The molecule has 25 heavy (non-hydrogen) atoms. The minimum Gasteiger partial charge on any atom is -0.393 e. The molecule has 7 heteroatoms. The summed E-state index contributed by atoms with van der Waals surface area (Å²) < 4.78 is 0. The van der Waals surface area contributed by atoms with E-state index in [1.54, 1.807) is 0 Å². The lowest BCUT2D eigenvalue weighted by atomic mass is 9.86. The van der Waals surface area contributed by atoms with Crippen molar-refractivity contribution in [3.8, 4) is 0 Å². The molecule has 4 N–H and O–H groups in total. The van der Waals surface area contributed by atoms with Gasteiger partial charge in [0.2, 0.25) is 0 Å². The van der Waals surface area contributed by atoms with E-state index in [9.17, 15) is 10.2 Å². The van der Waals surface area contributed by atoms with Crippen molar-refractivity contribution in [1.82, 2.24) is 25.3 Å². The molecule has 5 rings (SSSR count). The molecule has 0 aromatic heterocycles.